The molecule has 1 aliphatic rings. The fourth-order valence-electron chi connectivity index (χ4n) is 3.06. The highest BCUT2D eigenvalue weighted by Crippen LogP contribution is 2.34. The highest BCUT2D eigenvalue weighted by Gasteiger charge is 2.30. The first-order valence-electron chi connectivity index (χ1n) is 8.90. The van der Waals surface area contributed by atoms with Crippen molar-refractivity contribution in [2.45, 2.75) is 38.5 Å². The quantitative estimate of drug-likeness (QED) is 0.773. The van der Waals surface area contributed by atoms with Crippen LogP contribution in [0.15, 0.2) is 12.3 Å². The van der Waals surface area contributed by atoms with E-state index in [4.69, 9.17) is 11.6 Å². The minimum Gasteiger partial charge on any atom is -0.354 e. The van der Waals surface area contributed by atoms with Crippen molar-refractivity contribution in [1.82, 2.24) is 14.3 Å². The second-order valence-corrected chi connectivity index (χ2v) is 12.6. The molecule has 2 atom stereocenters. The molecular formula is C17H24ClFN4O3S2. The summed E-state index contributed by atoms with van der Waals surface area (Å²) in [5, 5.41) is 4.31. The Morgan fingerprint density at radius 2 is 1.93 bits per heavy atom. The molecule has 1 saturated heterocycles. The molecular weight excluding hydrogens is 427 g/mol. The molecule has 7 nitrogen and oxygen atoms in total. The number of rotatable bonds is 4. The molecule has 28 heavy (non-hydrogen) atoms. The Bertz CT molecular complexity index is 1020. The van der Waals surface area contributed by atoms with Crippen molar-refractivity contribution in [3.8, 4) is 0 Å². The van der Waals surface area contributed by atoms with Gasteiger partial charge < -0.3 is 4.90 Å². The minimum absolute atomic E-state index is 0.00996. The number of fused-ring (bicyclic) bond motifs is 1. The van der Waals surface area contributed by atoms with Crippen LogP contribution in [0.4, 0.5) is 10.2 Å². The lowest BCUT2D eigenvalue weighted by Gasteiger charge is -2.32. The van der Waals surface area contributed by atoms with Gasteiger partial charge in [-0.3, -0.25) is 0 Å². The SMILES string of the molecule is C[C@H](NS(=O)C(C)(C)C)c1cc(Cl)c2c(F)cnn2c1N1CCS(=O)(=O)CC1. The van der Waals surface area contributed by atoms with E-state index in [1.54, 1.807) is 6.07 Å². The standard InChI is InChI=1S/C17H24ClFN4O3S2/c1-11(21-27(24)17(2,3)4)12-9-13(18)15-14(19)10-20-23(15)16(12)22-5-7-28(25,26)8-6-22/h9-11,21H,5-8H2,1-4H3/t11-,27?/m0/s1. The van der Waals surface area contributed by atoms with Gasteiger partial charge in [-0.2, -0.15) is 5.10 Å². The number of anilines is 1. The number of aromatic nitrogens is 2. The van der Waals surface area contributed by atoms with E-state index in [1.807, 2.05) is 32.6 Å². The minimum atomic E-state index is -3.09. The maximum absolute atomic E-state index is 14.2. The van der Waals surface area contributed by atoms with Gasteiger partial charge in [0.2, 0.25) is 0 Å². The number of pyridine rings is 1. The van der Waals surface area contributed by atoms with Crippen molar-refractivity contribution < 1.29 is 17.0 Å². The fourth-order valence-corrected chi connectivity index (χ4v) is 5.35. The Kier molecular flexibility index (Phi) is 5.79. The van der Waals surface area contributed by atoms with Gasteiger partial charge in [-0.1, -0.05) is 11.6 Å². The second-order valence-electron chi connectivity index (χ2n) is 7.88. The smallest absolute Gasteiger partial charge is 0.170 e. The van der Waals surface area contributed by atoms with Crippen molar-refractivity contribution in [2.24, 2.45) is 0 Å². The summed E-state index contributed by atoms with van der Waals surface area (Å²) >= 11 is 6.32. The third-order valence-corrected chi connectivity index (χ3v) is 8.22. The summed E-state index contributed by atoms with van der Waals surface area (Å²) in [6.07, 6.45) is 1.08. The monoisotopic (exact) mass is 450 g/mol. The van der Waals surface area contributed by atoms with Gasteiger partial charge in [0, 0.05) is 24.7 Å². The van der Waals surface area contributed by atoms with E-state index in [9.17, 15) is 17.0 Å². The van der Waals surface area contributed by atoms with E-state index in [-0.39, 0.29) is 41.2 Å². The molecule has 1 aliphatic heterocycles. The summed E-state index contributed by atoms with van der Waals surface area (Å²) in [6.45, 7) is 7.95. The maximum Gasteiger partial charge on any atom is 0.170 e. The van der Waals surface area contributed by atoms with Gasteiger partial charge in [0.15, 0.2) is 15.7 Å². The molecule has 0 saturated carbocycles. The Morgan fingerprint density at radius 1 is 1.32 bits per heavy atom. The van der Waals surface area contributed by atoms with Gasteiger partial charge >= 0.3 is 0 Å². The summed E-state index contributed by atoms with van der Waals surface area (Å²) in [7, 11) is -4.43. The third kappa shape index (κ3) is 4.19. The molecule has 1 fully saturated rings. The fraction of sp³-hybridized carbons (Fsp3) is 0.588. The van der Waals surface area contributed by atoms with Crippen LogP contribution in [0.5, 0.6) is 0 Å². The molecule has 3 heterocycles. The predicted molar refractivity (Wildman–Crippen MR) is 110 cm³/mol. The molecule has 0 aliphatic carbocycles. The van der Waals surface area contributed by atoms with Gasteiger partial charge in [0.1, 0.15) is 11.3 Å². The van der Waals surface area contributed by atoms with Gasteiger partial charge in [-0.25, -0.2) is 26.3 Å². The topological polar surface area (TPSA) is 83.8 Å². The van der Waals surface area contributed by atoms with E-state index in [2.05, 4.69) is 9.82 Å². The summed E-state index contributed by atoms with van der Waals surface area (Å²) in [4.78, 5) is 1.87. The number of nitrogens with zero attached hydrogens (tertiary/aromatic N) is 3. The lowest BCUT2D eigenvalue weighted by Crippen LogP contribution is -2.42. The van der Waals surface area contributed by atoms with Gasteiger partial charge in [-0.15, -0.1) is 0 Å². The number of sulfone groups is 1. The van der Waals surface area contributed by atoms with E-state index < -0.39 is 31.4 Å². The average molecular weight is 451 g/mol. The molecule has 2 aromatic heterocycles. The molecule has 1 unspecified atom stereocenters. The van der Waals surface area contributed by atoms with Crippen LogP contribution in [0.3, 0.4) is 0 Å². The number of nitrogens with one attached hydrogen (secondary N) is 1. The molecule has 2 aromatic rings. The van der Waals surface area contributed by atoms with Crippen molar-refractivity contribution in [1.29, 1.82) is 0 Å². The first-order valence-corrected chi connectivity index (χ1v) is 12.2. The predicted octanol–water partition coefficient (Wildman–Crippen LogP) is 2.47. The Morgan fingerprint density at radius 3 is 2.50 bits per heavy atom. The molecule has 1 N–H and O–H groups in total. The Hall–Kier alpha value is -1.23. The van der Waals surface area contributed by atoms with E-state index in [0.717, 1.165) is 6.20 Å². The molecule has 0 aromatic carbocycles. The molecule has 0 spiro atoms. The molecule has 0 bridgehead atoms. The second kappa shape index (κ2) is 7.55. The lowest BCUT2D eigenvalue weighted by atomic mass is 10.1. The van der Waals surface area contributed by atoms with Gasteiger partial charge in [-0.05, 0) is 33.8 Å². The number of hydrogen-bond acceptors (Lipinski definition) is 5. The highest BCUT2D eigenvalue weighted by molar-refractivity contribution is 7.91. The number of hydrogen-bond donors (Lipinski definition) is 1. The van der Waals surface area contributed by atoms with Crippen LogP contribution >= 0.6 is 11.6 Å². The summed E-state index contributed by atoms with van der Waals surface area (Å²) in [5.41, 5.74) is 0.815. The molecule has 11 heteroatoms. The van der Waals surface area contributed by atoms with Crippen LogP contribution in [0.2, 0.25) is 5.02 Å². The van der Waals surface area contributed by atoms with Crippen LogP contribution in [-0.2, 0) is 20.8 Å². The normalized spacial score (nSPS) is 19.7. The lowest BCUT2D eigenvalue weighted by molar-refractivity contribution is 0.584. The summed E-state index contributed by atoms with van der Waals surface area (Å²) in [6, 6.07) is 1.25. The summed E-state index contributed by atoms with van der Waals surface area (Å²) < 4.78 is 54.5. The van der Waals surface area contributed by atoms with Crippen LogP contribution in [0, 0.1) is 5.82 Å². The Labute approximate surface area is 171 Å². The van der Waals surface area contributed by atoms with Crippen LogP contribution in [0.1, 0.15) is 39.3 Å². The highest BCUT2D eigenvalue weighted by atomic mass is 35.5. The first-order chi connectivity index (χ1) is 12.9. The Balaban J connectivity index is 2.10. The average Bonchev–Trinajstić information content (AvgIpc) is 2.97. The van der Waals surface area contributed by atoms with E-state index >= 15 is 0 Å². The molecule has 0 amide bonds. The van der Waals surface area contributed by atoms with Crippen LogP contribution in [0.25, 0.3) is 5.52 Å². The number of halogens is 2. The molecule has 3 rings (SSSR count). The van der Waals surface area contributed by atoms with Crippen molar-refractivity contribution >= 4 is 43.8 Å². The van der Waals surface area contributed by atoms with E-state index in [0.29, 0.717) is 11.4 Å². The largest absolute Gasteiger partial charge is 0.354 e. The van der Waals surface area contributed by atoms with Crippen molar-refractivity contribution in [3.05, 3.63) is 28.7 Å². The third-order valence-electron chi connectivity index (χ3n) is 4.64. The molecule has 156 valence electrons. The van der Waals surface area contributed by atoms with E-state index in [1.165, 1.54) is 4.52 Å². The van der Waals surface area contributed by atoms with Crippen LogP contribution in [-0.4, -0.2) is 51.6 Å². The maximum atomic E-state index is 14.2. The van der Waals surface area contributed by atoms with Gasteiger partial charge in [0.05, 0.1) is 38.5 Å². The molecule has 0 radical (unpaired) electrons. The van der Waals surface area contributed by atoms with Gasteiger partial charge in [0.25, 0.3) is 0 Å². The zero-order valence-electron chi connectivity index (χ0n) is 16.2. The zero-order valence-corrected chi connectivity index (χ0v) is 18.6. The first kappa shape index (κ1) is 21.5. The summed E-state index contributed by atoms with van der Waals surface area (Å²) in [5.74, 6) is 0.0249. The van der Waals surface area contributed by atoms with Crippen molar-refractivity contribution in [3.63, 3.8) is 0 Å². The van der Waals surface area contributed by atoms with Crippen LogP contribution < -0.4 is 9.62 Å². The zero-order chi connectivity index (χ0) is 20.9. The van der Waals surface area contributed by atoms with Crippen molar-refractivity contribution in [2.75, 3.05) is 29.5 Å².